The van der Waals surface area contributed by atoms with Crippen LogP contribution >= 0.6 is 0 Å². The van der Waals surface area contributed by atoms with Crippen molar-refractivity contribution in [3.63, 3.8) is 0 Å². The Bertz CT molecular complexity index is 1510. The van der Waals surface area contributed by atoms with Crippen molar-refractivity contribution in [1.82, 2.24) is 0 Å². The van der Waals surface area contributed by atoms with Crippen LogP contribution in [0.3, 0.4) is 0 Å². The predicted molar refractivity (Wildman–Crippen MR) is 165 cm³/mol. The number of benzene rings is 4. The minimum absolute atomic E-state index is 0.634. The Morgan fingerprint density at radius 1 is 0.538 bits per heavy atom. The Labute approximate surface area is 238 Å². The molecule has 0 spiro atoms. The van der Waals surface area contributed by atoms with E-state index in [9.17, 15) is 0 Å². The SMILES string of the molecule is CCC1=C2CCC3=C(CC)[CH](c4cccc(-c5ccccc5)c43)[Zr]([CH3])([CH3])[CH]1c1cccc(-c3ccccc3)c12. The molecule has 4 aromatic rings. The fourth-order valence-corrected chi connectivity index (χ4v) is 20.8. The van der Waals surface area contributed by atoms with Gasteiger partial charge in [0.05, 0.1) is 0 Å². The molecule has 0 nitrogen and oxygen atoms in total. The van der Waals surface area contributed by atoms with Crippen molar-refractivity contribution in [2.45, 2.75) is 56.0 Å². The van der Waals surface area contributed by atoms with Gasteiger partial charge in [-0.2, -0.15) is 0 Å². The van der Waals surface area contributed by atoms with Crippen LogP contribution in [0.4, 0.5) is 0 Å². The average molecular weight is 586 g/mol. The zero-order valence-electron chi connectivity index (χ0n) is 23.7. The number of fused-ring (bicyclic) bond motifs is 8. The van der Waals surface area contributed by atoms with Gasteiger partial charge < -0.3 is 0 Å². The van der Waals surface area contributed by atoms with Crippen LogP contribution in [-0.4, -0.2) is 0 Å². The molecule has 0 saturated carbocycles. The van der Waals surface area contributed by atoms with Gasteiger partial charge in [-0.05, 0) is 0 Å². The van der Waals surface area contributed by atoms with Crippen molar-refractivity contribution in [2.24, 2.45) is 0 Å². The first-order valence-electron chi connectivity index (χ1n) is 14.9. The Hall–Kier alpha value is -2.76. The van der Waals surface area contributed by atoms with Gasteiger partial charge in [-0.15, -0.1) is 0 Å². The van der Waals surface area contributed by atoms with Gasteiger partial charge in [-0.25, -0.2) is 0 Å². The first-order chi connectivity index (χ1) is 19.1. The van der Waals surface area contributed by atoms with Crippen LogP contribution in [0.1, 0.15) is 69.0 Å². The summed E-state index contributed by atoms with van der Waals surface area (Å²) >= 11 is -2.92. The molecular formula is C38H38Zr. The number of hydrogen-bond acceptors (Lipinski definition) is 0. The Morgan fingerprint density at radius 2 is 0.949 bits per heavy atom. The van der Waals surface area contributed by atoms with Gasteiger partial charge in [-0.1, -0.05) is 0 Å². The van der Waals surface area contributed by atoms with E-state index >= 15 is 0 Å². The molecule has 0 saturated heterocycles. The van der Waals surface area contributed by atoms with Gasteiger partial charge >= 0.3 is 240 Å². The van der Waals surface area contributed by atoms with Crippen LogP contribution in [0.25, 0.3) is 33.4 Å². The van der Waals surface area contributed by atoms with Crippen LogP contribution in [0.15, 0.2) is 108 Å². The molecular weight excluding hydrogens is 548 g/mol. The molecule has 1 heterocycles. The molecule has 194 valence electrons. The standard InChI is InChI=1S/C36H32.2CH3.Zr/c1-3-25-23-29-17-11-19-31(27-13-7-5-8-14-27)35(29)33(25)21-22-34-26(4-2)24-30-18-12-20-32(36(30)34)28-15-9-6-10-16-28;;;/h5-20,23-24H,3-4,21-22H2,1-2H3;2*1H3;. The van der Waals surface area contributed by atoms with Crippen LogP contribution in [0, 0.1) is 0 Å². The van der Waals surface area contributed by atoms with Crippen molar-refractivity contribution >= 4 is 11.1 Å². The van der Waals surface area contributed by atoms with Gasteiger partial charge in [0.25, 0.3) is 0 Å². The van der Waals surface area contributed by atoms with Gasteiger partial charge in [-0.3, -0.25) is 0 Å². The van der Waals surface area contributed by atoms with E-state index in [4.69, 9.17) is 0 Å². The van der Waals surface area contributed by atoms with Crippen LogP contribution < -0.4 is 0 Å². The monoisotopic (exact) mass is 584 g/mol. The van der Waals surface area contributed by atoms with Gasteiger partial charge in [0.2, 0.25) is 0 Å². The summed E-state index contributed by atoms with van der Waals surface area (Å²) in [5.41, 5.74) is 19.0. The van der Waals surface area contributed by atoms with E-state index in [1.165, 1.54) is 35.1 Å². The van der Waals surface area contributed by atoms with Crippen molar-refractivity contribution in [3.8, 4) is 22.3 Å². The molecule has 0 amide bonds. The predicted octanol–water partition coefficient (Wildman–Crippen LogP) is 11.2. The summed E-state index contributed by atoms with van der Waals surface area (Å²) in [4.78, 5) is 0. The zero-order chi connectivity index (χ0) is 26.7. The van der Waals surface area contributed by atoms with E-state index in [1.54, 1.807) is 44.5 Å². The summed E-state index contributed by atoms with van der Waals surface area (Å²) in [5.74, 6) is 0. The zero-order valence-corrected chi connectivity index (χ0v) is 26.2. The Balaban J connectivity index is 1.48. The van der Waals surface area contributed by atoms with E-state index in [0.717, 1.165) is 12.8 Å². The molecule has 39 heavy (non-hydrogen) atoms. The summed E-state index contributed by atoms with van der Waals surface area (Å²) in [6.07, 6.45) is 4.63. The number of allylic oxidation sites excluding steroid dienone is 4. The molecule has 1 aliphatic heterocycles. The fraction of sp³-hybridized carbons (Fsp3) is 0.263. The third-order valence-corrected chi connectivity index (χ3v) is 20.5. The quantitative estimate of drug-likeness (QED) is 0.223. The van der Waals surface area contributed by atoms with Crippen molar-refractivity contribution in [3.05, 3.63) is 130 Å². The molecule has 0 N–H and O–H groups in total. The van der Waals surface area contributed by atoms with E-state index in [0.29, 0.717) is 7.25 Å². The van der Waals surface area contributed by atoms with Crippen molar-refractivity contribution < 1.29 is 20.3 Å². The summed E-state index contributed by atoms with van der Waals surface area (Å²) in [7, 11) is 0. The molecule has 1 heteroatoms. The van der Waals surface area contributed by atoms with E-state index in [2.05, 4.69) is 120 Å². The summed E-state index contributed by atoms with van der Waals surface area (Å²) < 4.78 is 6.83. The molecule has 3 aliphatic rings. The fourth-order valence-electron chi connectivity index (χ4n) is 8.58. The van der Waals surface area contributed by atoms with Gasteiger partial charge in [0.15, 0.2) is 0 Å². The van der Waals surface area contributed by atoms with Crippen LogP contribution in [-0.2, 0) is 20.3 Å². The second-order valence-electron chi connectivity index (χ2n) is 12.2. The molecule has 2 aliphatic carbocycles. The Morgan fingerprint density at radius 3 is 1.33 bits per heavy atom. The third kappa shape index (κ3) is 3.73. The molecule has 4 aromatic carbocycles. The molecule has 0 fully saturated rings. The Kier molecular flexibility index (Phi) is 6.28. The molecule has 2 atom stereocenters. The number of rotatable bonds is 4. The molecule has 7 rings (SSSR count). The third-order valence-electron chi connectivity index (χ3n) is 9.94. The second-order valence-corrected chi connectivity index (χ2v) is 24.0. The van der Waals surface area contributed by atoms with E-state index < -0.39 is 20.3 Å². The molecule has 0 aromatic heterocycles. The topological polar surface area (TPSA) is 0 Å². The maximum atomic E-state index is 2.78. The summed E-state index contributed by atoms with van der Waals surface area (Å²) in [6.45, 7) is 4.85. The van der Waals surface area contributed by atoms with Gasteiger partial charge in [0, 0.05) is 0 Å². The average Bonchev–Trinajstić information content (AvgIpc) is 3.50. The second kappa shape index (κ2) is 9.71. The maximum absolute atomic E-state index is 2.92. The van der Waals surface area contributed by atoms with E-state index in [1.807, 2.05) is 0 Å². The van der Waals surface area contributed by atoms with Crippen molar-refractivity contribution in [2.75, 3.05) is 0 Å². The van der Waals surface area contributed by atoms with Crippen molar-refractivity contribution in [1.29, 1.82) is 0 Å². The molecule has 0 radical (unpaired) electrons. The first-order valence-corrected chi connectivity index (χ1v) is 22.6. The molecule has 4 bridgehead atoms. The molecule has 2 unspecified atom stereocenters. The minimum atomic E-state index is -2.92. The first kappa shape index (κ1) is 25.2. The summed E-state index contributed by atoms with van der Waals surface area (Å²) in [6, 6.07) is 36.7. The normalized spacial score (nSPS) is 20.8. The van der Waals surface area contributed by atoms with Crippen LogP contribution in [0.2, 0.25) is 9.26 Å². The summed E-state index contributed by atoms with van der Waals surface area (Å²) in [5, 5.41) is 0. The van der Waals surface area contributed by atoms with Crippen LogP contribution in [0.5, 0.6) is 0 Å². The number of hydrogen-bond donors (Lipinski definition) is 0. The van der Waals surface area contributed by atoms with Gasteiger partial charge in [0.1, 0.15) is 0 Å². The van der Waals surface area contributed by atoms with E-state index in [-0.39, 0.29) is 0 Å².